The maximum absolute atomic E-state index is 13.5. The van der Waals surface area contributed by atoms with E-state index in [4.69, 9.17) is 15.6 Å². The number of alkyl halides is 2. The van der Waals surface area contributed by atoms with Crippen molar-refractivity contribution in [3.63, 3.8) is 0 Å². The second-order valence-electron chi connectivity index (χ2n) is 12.1. The van der Waals surface area contributed by atoms with Crippen molar-refractivity contribution in [1.29, 1.82) is 0 Å². The number of hydrogen-bond donors (Lipinski definition) is 3. The number of aromatic nitrogens is 5. The predicted octanol–water partition coefficient (Wildman–Crippen LogP) is 5.25. The van der Waals surface area contributed by atoms with E-state index in [9.17, 15) is 21.6 Å². The van der Waals surface area contributed by atoms with Crippen LogP contribution in [0.2, 0.25) is 0 Å². The van der Waals surface area contributed by atoms with Crippen molar-refractivity contribution in [3.8, 4) is 28.1 Å². The molecule has 2 aromatic carbocycles. The van der Waals surface area contributed by atoms with Crippen LogP contribution in [0.1, 0.15) is 37.5 Å². The minimum atomic E-state index is -5.01. The van der Waals surface area contributed by atoms with E-state index in [1.807, 2.05) is 15.6 Å². The van der Waals surface area contributed by atoms with Crippen LogP contribution in [0.5, 0.6) is 5.75 Å². The molecule has 1 saturated heterocycles. The third-order valence-corrected chi connectivity index (χ3v) is 9.87. The van der Waals surface area contributed by atoms with E-state index in [1.165, 1.54) is 42.5 Å². The summed E-state index contributed by atoms with van der Waals surface area (Å²) in [6.45, 7) is 3.77. The number of anilines is 2. The smallest absolute Gasteiger partial charge is 0.355 e. The number of hydrogen-bond acceptors (Lipinski definition) is 8. The van der Waals surface area contributed by atoms with Crippen molar-refractivity contribution in [2.75, 3.05) is 23.5 Å². The summed E-state index contributed by atoms with van der Waals surface area (Å²) >= 11 is 0. The molecular formula is C31H31F3N8O3S. The van der Waals surface area contributed by atoms with Gasteiger partial charge in [-0.05, 0) is 55.0 Å². The third-order valence-electron chi connectivity index (χ3n) is 8.90. The van der Waals surface area contributed by atoms with Crippen molar-refractivity contribution in [2.24, 2.45) is 12.5 Å². The summed E-state index contributed by atoms with van der Waals surface area (Å²) in [5.41, 5.74) is 10.4. The van der Waals surface area contributed by atoms with Gasteiger partial charge in [-0.3, -0.25) is 14.1 Å². The number of nitrogens with zero attached hydrogens (tertiary/aromatic N) is 5. The van der Waals surface area contributed by atoms with Gasteiger partial charge >= 0.3 is 5.76 Å². The lowest BCUT2D eigenvalue weighted by Crippen LogP contribution is -2.60. The lowest BCUT2D eigenvalue weighted by Gasteiger charge is -2.54. The van der Waals surface area contributed by atoms with Gasteiger partial charge in [0.2, 0.25) is 0 Å². The van der Waals surface area contributed by atoms with E-state index in [0.29, 0.717) is 39.2 Å². The molecule has 2 fully saturated rings. The van der Waals surface area contributed by atoms with Gasteiger partial charge in [-0.1, -0.05) is 18.2 Å². The quantitative estimate of drug-likeness (QED) is 0.196. The SMILES string of the molecule is C[C@H](Oc1cc(-c2nn(C)c3c(-c4cnn(C5CC6(CNC6)C5)c4)cnc(N)c23)ccc1NS(=O)(=O)C(F)F)c1ccc(F)cc1. The van der Waals surface area contributed by atoms with Gasteiger partial charge in [0.15, 0.2) is 0 Å². The number of nitrogens with one attached hydrogen (secondary N) is 2. The summed E-state index contributed by atoms with van der Waals surface area (Å²) in [4.78, 5) is 4.46. The molecule has 1 aliphatic heterocycles. The number of halogens is 3. The number of rotatable bonds is 9. The molecule has 4 N–H and O–H groups in total. The van der Waals surface area contributed by atoms with Crippen LogP contribution in [0, 0.1) is 11.2 Å². The van der Waals surface area contributed by atoms with Crippen LogP contribution in [0.3, 0.4) is 0 Å². The maximum atomic E-state index is 13.5. The normalized spacial score (nSPS) is 16.8. The molecule has 46 heavy (non-hydrogen) atoms. The Morgan fingerprint density at radius 2 is 1.85 bits per heavy atom. The van der Waals surface area contributed by atoms with Crippen LogP contribution in [-0.2, 0) is 17.1 Å². The Hall–Kier alpha value is -4.63. The topological polar surface area (TPSA) is 142 Å². The number of pyridine rings is 1. The molecule has 5 aromatic rings. The zero-order valence-corrected chi connectivity index (χ0v) is 25.7. The molecule has 3 aromatic heterocycles. The Balaban J connectivity index is 1.27. The molecule has 1 aliphatic carbocycles. The van der Waals surface area contributed by atoms with Crippen LogP contribution in [0.15, 0.2) is 61.1 Å². The second-order valence-corrected chi connectivity index (χ2v) is 13.7. The molecule has 1 spiro atoms. The van der Waals surface area contributed by atoms with Crippen molar-refractivity contribution >= 4 is 32.4 Å². The molecule has 0 bridgehead atoms. The summed E-state index contributed by atoms with van der Waals surface area (Å²) < 4.78 is 76.0. The summed E-state index contributed by atoms with van der Waals surface area (Å²) in [6.07, 6.45) is 6.96. The zero-order chi connectivity index (χ0) is 32.4. The van der Waals surface area contributed by atoms with Crippen LogP contribution in [0.4, 0.5) is 24.7 Å². The first kappa shape index (κ1) is 30.0. The summed E-state index contributed by atoms with van der Waals surface area (Å²) in [5.74, 6) is -3.92. The number of nitrogens with two attached hydrogens (primary N) is 1. The molecule has 1 atom stereocenters. The fourth-order valence-corrected chi connectivity index (χ4v) is 6.93. The number of ether oxygens (including phenoxy) is 1. The Bertz CT molecular complexity index is 2050. The van der Waals surface area contributed by atoms with Gasteiger partial charge in [0.05, 0.1) is 28.8 Å². The average Bonchev–Trinajstić information content (AvgIpc) is 3.59. The third kappa shape index (κ3) is 5.22. The van der Waals surface area contributed by atoms with Crippen molar-refractivity contribution in [3.05, 3.63) is 72.4 Å². The van der Waals surface area contributed by atoms with Gasteiger partial charge in [-0.2, -0.15) is 19.0 Å². The Morgan fingerprint density at radius 3 is 2.52 bits per heavy atom. The van der Waals surface area contributed by atoms with E-state index in [2.05, 4.69) is 15.4 Å². The first-order chi connectivity index (χ1) is 21.9. The number of fused-ring (bicyclic) bond motifs is 1. The number of sulfonamides is 1. The van der Waals surface area contributed by atoms with Gasteiger partial charge in [-0.25, -0.2) is 17.8 Å². The molecule has 240 valence electrons. The van der Waals surface area contributed by atoms with Gasteiger partial charge < -0.3 is 15.8 Å². The molecule has 11 nitrogen and oxygen atoms in total. The van der Waals surface area contributed by atoms with Crippen LogP contribution < -0.4 is 20.5 Å². The van der Waals surface area contributed by atoms with Gasteiger partial charge in [-0.15, -0.1) is 0 Å². The lowest BCUT2D eigenvalue weighted by molar-refractivity contribution is 0.00238. The minimum Gasteiger partial charge on any atom is -0.484 e. The number of benzene rings is 2. The van der Waals surface area contributed by atoms with Crippen molar-refractivity contribution in [1.82, 2.24) is 29.9 Å². The lowest BCUT2D eigenvalue weighted by atomic mass is 9.62. The monoisotopic (exact) mass is 652 g/mol. The standard InChI is InChI=1S/C31H31F3N8O3S/c1-17(18-3-6-21(32)7-4-18)45-25-9-19(5-8-24(25)40-46(43,44)30(33)34)27-26-28(41(2)39-27)23(13-37-29(26)35)20-12-38-42(14-20)22-10-31(11-22)15-36-16-31/h3-9,12-14,17,22,30,36,40H,10-11,15-16H2,1-2H3,(H2,35,37)/t17-/m0/s1. The van der Waals surface area contributed by atoms with Gasteiger partial charge in [0, 0.05) is 49.2 Å². The highest BCUT2D eigenvalue weighted by atomic mass is 32.2. The highest BCUT2D eigenvalue weighted by Gasteiger charge is 2.49. The summed E-state index contributed by atoms with van der Waals surface area (Å²) in [5, 5.41) is 13.3. The van der Waals surface area contributed by atoms with Crippen LogP contribution in [0.25, 0.3) is 33.3 Å². The zero-order valence-electron chi connectivity index (χ0n) is 24.9. The molecule has 0 unspecified atom stereocenters. The Morgan fingerprint density at radius 1 is 1.11 bits per heavy atom. The first-order valence-corrected chi connectivity index (χ1v) is 16.2. The second kappa shape index (κ2) is 11.0. The summed E-state index contributed by atoms with van der Waals surface area (Å²) in [6, 6.07) is 10.2. The fraction of sp³-hybridized carbons (Fsp3) is 0.323. The largest absolute Gasteiger partial charge is 0.484 e. The van der Waals surface area contributed by atoms with Gasteiger partial charge in [0.1, 0.15) is 29.2 Å². The van der Waals surface area contributed by atoms with Crippen molar-refractivity contribution in [2.45, 2.75) is 37.7 Å². The van der Waals surface area contributed by atoms with E-state index in [-0.39, 0.29) is 17.3 Å². The van der Waals surface area contributed by atoms with Crippen molar-refractivity contribution < 1.29 is 26.3 Å². The van der Waals surface area contributed by atoms with Crippen LogP contribution >= 0.6 is 0 Å². The van der Waals surface area contributed by atoms with E-state index >= 15 is 0 Å². The molecule has 7 rings (SSSR count). The van der Waals surface area contributed by atoms with Crippen LogP contribution in [-0.4, -0.2) is 51.8 Å². The molecule has 0 radical (unpaired) electrons. The highest BCUT2D eigenvalue weighted by molar-refractivity contribution is 7.93. The summed E-state index contributed by atoms with van der Waals surface area (Å²) in [7, 11) is -3.24. The molecule has 15 heteroatoms. The molecule has 2 aliphatic rings. The number of nitrogen functional groups attached to an aromatic ring is 1. The predicted molar refractivity (Wildman–Crippen MR) is 167 cm³/mol. The molecule has 0 amide bonds. The Kier molecular flexibility index (Phi) is 7.20. The van der Waals surface area contributed by atoms with E-state index in [0.717, 1.165) is 37.1 Å². The van der Waals surface area contributed by atoms with E-state index < -0.39 is 27.7 Å². The maximum Gasteiger partial charge on any atom is 0.355 e. The number of aryl methyl sites for hydroxylation is 1. The molecule has 4 heterocycles. The van der Waals surface area contributed by atoms with E-state index in [1.54, 1.807) is 31.0 Å². The molecule has 1 saturated carbocycles. The molecular weight excluding hydrogens is 621 g/mol. The minimum absolute atomic E-state index is 0.0405. The fourth-order valence-electron chi connectivity index (χ4n) is 6.36. The van der Waals surface area contributed by atoms with Gasteiger partial charge in [0.25, 0.3) is 10.0 Å². The highest BCUT2D eigenvalue weighted by Crippen LogP contribution is 2.51. The Labute approximate surface area is 262 Å². The average molecular weight is 653 g/mol. The first-order valence-electron chi connectivity index (χ1n) is 14.7.